The van der Waals surface area contributed by atoms with Crippen LogP contribution in [-0.4, -0.2) is 55.7 Å². The molecule has 10 heteroatoms. The van der Waals surface area contributed by atoms with E-state index < -0.39 is 16.1 Å². The van der Waals surface area contributed by atoms with Crippen LogP contribution in [0.15, 0.2) is 84.9 Å². The molecule has 1 aliphatic rings. The van der Waals surface area contributed by atoms with Gasteiger partial charge in [-0.15, -0.1) is 0 Å². The smallest absolute Gasteiger partial charge is 0.208 e. The molecule has 0 spiro atoms. The Labute approximate surface area is 251 Å². The molecule has 4 aromatic carbocycles. The summed E-state index contributed by atoms with van der Waals surface area (Å²) < 4.78 is 23.1. The lowest BCUT2D eigenvalue weighted by molar-refractivity contribution is 0.0895. The van der Waals surface area contributed by atoms with E-state index in [1.807, 2.05) is 74.5 Å². The quantitative estimate of drug-likeness (QED) is 0.161. The summed E-state index contributed by atoms with van der Waals surface area (Å²) in [6, 6.07) is 26.6. The van der Waals surface area contributed by atoms with Gasteiger partial charge in [0.1, 0.15) is 0 Å². The number of aliphatic hydroxyl groups excluding tert-OH is 2. The first-order chi connectivity index (χ1) is 20.5. The highest BCUT2D eigenvalue weighted by atomic mass is 32.2. The van der Waals surface area contributed by atoms with Gasteiger partial charge in [0.05, 0.1) is 41.5 Å². The van der Waals surface area contributed by atoms with Gasteiger partial charge in [0.25, 0.3) is 0 Å². The number of benzene rings is 4. The molecule has 5 N–H and O–H groups in total. The number of fused-ring (bicyclic) bond motifs is 2. The molecule has 43 heavy (non-hydrogen) atoms. The topological polar surface area (TPSA) is 145 Å². The van der Waals surface area contributed by atoms with Gasteiger partial charge >= 0.3 is 0 Å². The summed E-state index contributed by atoms with van der Waals surface area (Å²) in [6.07, 6.45) is 0.422. The summed E-state index contributed by atoms with van der Waals surface area (Å²) >= 11 is 0. The van der Waals surface area contributed by atoms with Crippen LogP contribution in [0.25, 0.3) is 0 Å². The third kappa shape index (κ3) is 8.14. The molecular formula is C33H35N3O6S. The van der Waals surface area contributed by atoms with Gasteiger partial charge in [0.15, 0.2) is 11.6 Å². The van der Waals surface area contributed by atoms with Gasteiger partial charge in [-0.3, -0.25) is 9.59 Å². The first kappa shape index (κ1) is 31.6. The Hall–Kier alpha value is -4.35. The van der Waals surface area contributed by atoms with Gasteiger partial charge in [0, 0.05) is 29.0 Å². The molecule has 0 heterocycles. The second-order valence-corrected chi connectivity index (χ2v) is 12.2. The summed E-state index contributed by atoms with van der Waals surface area (Å²) in [7, 11) is -3.17. The zero-order chi connectivity index (χ0) is 31.1. The summed E-state index contributed by atoms with van der Waals surface area (Å²) in [5, 5.41) is 23.8. The zero-order valence-corrected chi connectivity index (χ0v) is 25.0. The minimum atomic E-state index is -3.17. The highest BCUT2D eigenvalue weighted by molar-refractivity contribution is 7.88. The fourth-order valence-corrected chi connectivity index (χ4v) is 5.01. The number of aryl methyl sites for hydroxylation is 2. The largest absolute Gasteiger partial charge is 0.394 e. The maximum atomic E-state index is 13.5. The highest BCUT2D eigenvalue weighted by Gasteiger charge is 2.34. The predicted octanol–water partition coefficient (Wildman–Crippen LogP) is 4.84. The first-order valence-electron chi connectivity index (χ1n) is 13.7. The molecule has 4 aromatic rings. The Morgan fingerprint density at radius 2 is 1.12 bits per heavy atom. The Bertz CT molecular complexity index is 1610. The van der Waals surface area contributed by atoms with Crippen LogP contribution in [0.3, 0.4) is 0 Å². The van der Waals surface area contributed by atoms with Crippen molar-refractivity contribution in [2.24, 2.45) is 0 Å². The average molecular weight is 602 g/mol. The number of ketones is 2. The predicted molar refractivity (Wildman–Crippen MR) is 169 cm³/mol. The Kier molecular flexibility index (Phi) is 10.1. The first-order valence-corrected chi connectivity index (χ1v) is 15.6. The van der Waals surface area contributed by atoms with E-state index >= 15 is 0 Å². The van der Waals surface area contributed by atoms with E-state index in [2.05, 4.69) is 15.4 Å². The second kappa shape index (κ2) is 13.7. The van der Waals surface area contributed by atoms with E-state index in [4.69, 9.17) is 10.2 Å². The summed E-state index contributed by atoms with van der Waals surface area (Å²) in [5.74, 6) is -0.310. The highest BCUT2D eigenvalue weighted by Crippen LogP contribution is 2.38. The lowest BCUT2D eigenvalue weighted by Crippen LogP contribution is -2.27. The third-order valence-corrected chi connectivity index (χ3v) is 7.52. The van der Waals surface area contributed by atoms with E-state index in [0.717, 1.165) is 28.8 Å². The minimum absolute atomic E-state index is 0.153. The van der Waals surface area contributed by atoms with Crippen LogP contribution in [0.5, 0.6) is 0 Å². The number of rotatable bonds is 9. The van der Waals surface area contributed by atoms with Crippen LogP contribution >= 0.6 is 0 Å². The number of anilines is 4. The van der Waals surface area contributed by atoms with Crippen LogP contribution in [0, 0.1) is 13.8 Å². The molecule has 224 valence electrons. The van der Waals surface area contributed by atoms with Crippen LogP contribution < -0.4 is 15.4 Å². The number of carbonyl (C=O) groups is 2. The summed E-state index contributed by atoms with van der Waals surface area (Å²) in [5.41, 5.74) is 6.90. The van der Waals surface area contributed by atoms with Crippen molar-refractivity contribution in [3.63, 3.8) is 0 Å². The molecule has 1 atom stereocenters. The van der Waals surface area contributed by atoms with Crippen molar-refractivity contribution in [3.05, 3.63) is 118 Å². The fourth-order valence-electron chi connectivity index (χ4n) is 4.52. The third-order valence-electron chi connectivity index (χ3n) is 6.79. The lowest BCUT2D eigenvalue weighted by atomic mass is 9.82. The molecule has 1 unspecified atom stereocenters. The standard InChI is InChI=1S/C28H22N2O2.C5H13NO4S/c1-17-7-11-19(12-8-17)29-23-15-16-24(30-20-13-9-18(2)10-14-20)26-25(23)27(31)21-5-3-4-6-22(21)28(26)32;1-11(9,10)6-3-2-5(8)4-7/h3-16,29-30H,1-2H3;5-8H,2-4H2,1H3. The van der Waals surface area contributed by atoms with Crippen molar-refractivity contribution in [2.45, 2.75) is 26.4 Å². The Morgan fingerprint density at radius 3 is 1.49 bits per heavy atom. The van der Waals surface area contributed by atoms with Gasteiger partial charge in [-0.25, -0.2) is 13.1 Å². The lowest BCUT2D eigenvalue weighted by Gasteiger charge is -2.24. The molecule has 0 radical (unpaired) electrons. The summed E-state index contributed by atoms with van der Waals surface area (Å²) in [6.45, 7) is 3.86. The molecule has 0 saturated carbocycles. The monoisotopic (exact) mass is 601 g/mol. The molecule has 5 rings (SSSR count). The second-order valence-electron chi connectivity index (χ2n) is 10.4. The van der Waals surface area contributed by atoms with Crippen molar-refractivity contribution in [3.8, 4) is 0 Å². The van der Waals surface area contributed by atoms with E-state index in [1.54, 1.807) is 24.3 Å². The molecular weight excluding hydrogens is 566 g/mol. The molecule has 0 aromatic heterocycles. The molecule has 9 nitrogen and oxygen atoms in total. The van der Waals surface area contributed by atoms with E-state index in [0.29, 0.717) is 33.6 Å². The van der Waals surface area contributed by atoms with Crippen molar-refractivity contribution in [2.75, 3.05) is 30.0 Å². The van der Waals surface area contributed by atoms with Gasteiger partial charge in [-0.05, 0) is 56.7 Å². The molecule has 0 saturated heterocycles. The minimum Gasteiger partial charge on any atom is -0.394 e. The number of hydrogen-bond donors (Lipinski definition) is 5. The van der Waals surface area contributed by atoms with Crippen LogP contribution in [-0.2, 0) is 10.0 Å². The van der Waals surface area contributed by atoms with Gasteiger partial charge < -0.3 is 20.8 Å². The Morgan fingerprint density at radius 1 is 0.698 bits per heavy atom. The van der Waals surface area contributed by atoms with Gasteiger partial charge in [-0.2, -0.15) is 0 Å². The molecule has 0 amide bonds. The van der Waals surface area contributed by atoms with Crippen LogP contribution in [0.1, 0.15) is 49.4 Å². The van der Waals surface area contributed by atoms with Gasteiger partial charge in [0.2, 0.25) is 10.0 Å². The van der Waals surface area contributed by atoms with Crippen LogP contribution in [0.4, 0.5) is 22.7 Å². The van der Waals surface area contributed by atoms with E-state index in [-0.39, 0.29) is 31.1 Å². The average Bonchev–Trinajstić information content (AvgIpc) is 2.98. The summed E-state index contributed by atoms with van der Waals surface area (Å²) in [4.78, 5) is 27.1. The molecule has 1 aliphatic carbocycles. The number of nitrogens with one attached hydrogen (secondary N) is 3. The normalized spacial score (nSPS) is 12.9. The SMILES string of the molecule is CS(=O)(=O)NCCC(O)CO.Cc1ccc(Nc2ccc(Nc3ccc(C)cc3)c3c2C(=O)c2ccccc2C3=O)cc1. The molecule has 0 aliphatic heterocycles. The van der Waals surface area contributed by atoms with E-state index in [9.17, 15) is 18.0 Å². The maximum Gasteiger partial charge on any atom is 0.208 e. The van der Waals surface area contributed by atoms with E-state index in [1.165, 1.54) is 0 Å². The number of aliphatic hydroxyl groups is 2. The number of hydrogen-bond acceptors (Lipinski definition) is 8. The molecule has 0 fully saturated rings. The molecule has 0 bridgehead atoms. The number of sulfonamides is 1. The van der Waals surface area contributed by atoms with Crippen molar-refractivity contribution in [1.29, 1.82) is 0 Å². The maximum absolute atomic E-state index is 13.5. The van der Waals surface area contributed by atoms with Crippen molar-refractivity contribution in [1.82, 2.24) is 4.72 Å². The Balaban J connectivity index is 0.000000330. The zero-order valence-electron chi connectivity index (χ0n) is 24.2. The van der Waals surface area contributed by atoms with Crippen molar-refractivity contribution >= 4 is 44.3 Å². The number of carbonyl (C=O) groups excluding carboxylic acids is 2. The fraction of sp³-hybridized carbons (Fsp3) is 0.212. The van der Waals surface area contributed by atoms with Crippen molar-refractivity contribution < 1.29 is 28.2 Å². The van der Waals surface area contributed by atoms with Crippen LogP contribution in [0.2, 0.25) is 0 Å². The van der Waals surface area contributed by atoms with Gasteiger partial charge in [-0.1, -0.05) is 59.7 Å².